The lowest BCUT2D eigenvalue weighted by Crippen LogP contribution is -2.34. The Morgan fingerprint density at radius 3 is 2.95 bits per heavy atom. The first-order valence-corrected chi connectivity index (χ1v) is 7.86. The van der Waals surface area contributed by atoms with Crippen LogP contribution >= 0.6 is 11.3 Å². The molecule has 3 rings (SSSR count). The third-order valence-electron chi connectivity index (χ3n) is 3.98. The van der Waals surface area contributed by atoms with Crippen molar-refractivity contribution >= 4 is 17.2 Å². The molecule has 1 N–H and O–H groups in total. The summed E-state index contributed by atoms with van der Waals surface area (Å²) in [5, 5.41) is 10.9. The SMILES string of the molecule is Cn1ccnc1[C@@]1(O)CCCN(C(=O)c2cncs2)CC1. The lowest BCUT2D eigenvalue weighted by molar-refractivity contribution is 0.0102. The van der Waals surface area contributed by atoms with Gasteiger partial charge in [-0.2, -0.15) is 0 Å². The van der Waals surface area contributed by atoms with Gasteiger partial charge in [0.15, 0.2) is 0 Å². The summed E-state index contributed by atoms with van der Waals surface area (Å²) in [7, 11) is 1.88. The number of nitrogens with zero attached hydrogens (tertiary/aromatic N) is 4. The van der Waals surface area contributed by atoms with E-state index >= 15 is 0 Å². The van der Waals surface area contributed by atoms with E-state index < -0.39 is 5.60 Å². The maximum absolute atomic E-state index is 12.4. The number of carbonyl (C=O) groups excluding carboxylic acids is 1. The number of hydrogen-bond donors (Lipinski definition) is 1. The van der Waals surface area contributed by atoms with Gasteiger partial charge in [-0.15, -0.1) is 11.3 Å². The molecule has 3 heterocycles. The minimum Gasteiger partial charge on any atom is -0.382 e. The Kier molecular flexibility index (Phi) is 3.77. The molecule has 0 unspecified atom stereocenters. The third-order valence-corrected chi connectivity index (χ3v) is 4.74. The summed E-state index contributed by atoms with van der Waals surface area (Å²) in [6.07, 6.45) is 7.00. The molecule has 0 aliphatic carbocycles. The molecule has 1 atom stereocenters. The molecule has 21 heavy (non-hydrogen) atoms. The monoisotopic (exact) mass is 306 g/mol. The van der Waals surface area contributed by atoms with Crippen molar-refractivity contribution in [1.82, 2.24) is 19.4 Å². The molecular weight excluding hydrogens is 288 g/mol. The largest absolute Gasteiger partial charge is 0.382 e. The van der Waals surface area contributed by atoms with Gasteiger partial charge in [0, 0.05) is 39.0 Å². The van der Waals surface area contributed by atoms with Gasteiger partial charge < -0.3 is 14.6 Å². The van der Waals surface area contributed by atoms with Crippen molar-refractivity contribution < 1.29 is 9.90 Å². The van der Waals surface area contributed by atoms with Gasteiger partial charge in [-0.05, 0) is 12.8 Å². The number of likely N-dealkylation sites (tertiary alicyclic amines) is 1. The van der Waals surface area contributed by atoms with E-state index in [1.165, 1.54) is 11.3 Å². The van der Waals surface area contributed by atoms with Crippen LogP contribution in [-0.4, -0.2) is 43.5 Å². The van der Waals surface area contributed by atoms with Gasteiger partial charge in [0.25, 0.3) is 5.91 Å². The number of aromatic nitrogens is 3. The number of amides is 1. The lowest BCUT2D eigenvalue weighted by atomic mass is 9.94. The second-order valence-corrected chi connectivity index (χ2v) is 6.29. The standard InChI is InChI=1S/C14H18N4O2S/c1-17-8-5-16-13(17)14(20)3-2-6-18(7-4-14)12(19)11-9-15-10-21-11/h5,8-10,20H,2-4,6-7H2,1H3/t14-/m1/s1. The number of hydrogen-bond acceptors (Lipinski definition) is 5. The molecule has 1 fully saturated rings. The summed E-state index contributed by atoms with van der Waals surface area (Å²) in [5.74, 6) is 0.677. The predicted octanol–water partition coefficient (Wildman–Crippen LogP) is 1.39. The lowest BCUT2D eigenvalue weighted by Gasteiger charge is -2.26. The average molecular weight is 306 g/mol. The first kappa shape index (κ1) is 14.2. The van der Waals surface area contributed by atoms with E-state index in [9.17, 15) is 9.90 Å². The van der Waals surface area contributed by atoms with Crippen molar-refractivity contribution in [3.63, 3.8) is 0 Å². The molecule has 2 aromatic rings. The van der Waals surface area contributed by atoms with Gasteiger partial charge >= 0.3 is 0 Å². The van der Waals surface area contributed by atoms with Crippen molar-refractivity contribution in [1.29, 1.82) is 0 Å². The number of imidazole rings is 1. The summed E-state index contributed by atoms with van der Waals surface area (Å²) < 4.78 is 1.85. The maximum atomic E-state index is 12.4. The average Bonchev–Trinajstić information content (AvgIpc) is 3.09. The fraction of sp³-hybridized carbons (Fsp3) is 0.500. The van der Waals surface area contributed by atoms with Crippen LogP contribution in [0.4, 0.5) is 0 Å². The molecule has 0 aromatic carbocycles. The van der Waals surface area contributed by atoms with Crippen LogP contribution < -0.4 is 0 Å². The Morgan fingerprint density at radius 2 is 2.29 bits per heavy atom. The van der Waals surface area contributed by atoms with Gasteiger partial charge in [0.2, 0.25) is 0 Å². The molecule has 1 aliphatic heterocycles. The highest BCUT2D eigenvalue weighted by molar-refractivity contribution is 7.11. The van der Waals surface area contributed by atoms with Crippen molar-refractivity contribution in [3.8, 4) is 0 Å². The number of aliphatic hydroxyl groups is 1. The van der Waals surface area contributed by atoms with E-state index in [1.54, 1.807) is 22.8 Å². The Labute approximate surface area is 127 Å². The van der Waals surface area contributed by atoms with Crippen LogP contribution in [-0.2, 0) is 12.6 Å². The van der Waals surface area contributed by atoms with Gasteiger partial charge in [-0.1, -0.05) is 0 Å². The molecule has 2 aromatic heterocycles. The zero-order chi connectivity index (χ0) is 14.9. The van der Waals surface area contributed by atoms with Crippen LogP contribution in [0.5, 0.6) is 0 Å². The fourth-order valence-electron chi connectivity index (χ4n) is 2.84. The normalized spacial score (nSPS) is 23.0. The highest BCUT2D eigenvalue weighted by Gasteiger charge is 2.36. The van der Waals surface area contributed by atoms with Crippen molar-refractivity contribution in [3.05, 3.63) is 34.8 Å². The van der Waals surface area contributed by atoms with E-state index in [0.717, 1.165) is 6.42 Å². The van der Waals surface area contributed by atoms with Crippen molar-refractivity contribution in [2.24, 2.45) is 7.05 Å². The third kappa shape index (κ3) is 2.71. The molecule has 1 saturated heterocycles. The minimum atomic E-state index is -0.957. The van der Waals surface area contributed by atoms with Crippen LogP contribution in [0.15, 0.2) is 24.1 Å². The van der Waals surface area contributed by atoms with E-state index in [1.807, 2.05) is 17.8 Å². The molecule has 1 aliphatic rings. The van der Waals surface area contributed by atoms with Crippen molar-refractivity contribution in [2.75, 3.05) is 13.1 Å². The number of rotatable bonds is 2. The highest BCUT2D eigenvalue weighted by Crippen LogP contribution is 2.32. The second kappa shape index (κ2) is 5.57. The molecule has 0 saturated carbocycles. The Bertz CT molecular complexity index is 625. The number of carbonyl (C=O) groups is 1. The first-order chi connectivity index (χ1) is 10.1. The summed E-state index contributed by atoms with van der Waals surface area (Å²) >= 11 is 1.35. The van der Waals surface area contributed by atoms with Crippen LogP contribution in [0, 0.1) is 0 Å². The molecule has 1 amide bonds. The molecule has 6 nitrogen and oxygen atoms in total. The summed E-state index contributed by atoms with van der Waals surface area (Å²) in [4.78, 5) is 23.0. The van der Waals surface area contributed by atoms with E-state index in [2.05, 4.69) is 9.97 Å². The van der Waals surface area contributed by atoms with Crippen LogP contribution in [0.3, 0.4) is 0 Å². The van der Waals surface area contributed by atoms with E-state index in [4.69, 9.17) is 0 Å². The second-order valence-electron chi connectivity index (χ2n) is 5.40. The topological polar surface area (TPSA) is 71.2 Å². The molecule has 0 bridgehead atoms. The zero-order valence-corrected chi connectivity index (χ0v) is 12.7. The van der Waals surface area contributed by atoms with Crippen molar-refractivity contribution in [2.45, 2.75) is 24.9 Å². The molecule has 0 spiro atoms. The van der Waals surface area contributed by atoms with Crippen LogP contribution in [0.25, 0.3) is 0 Å². The molecule has 112 valence electrons. The molecule has 7 heteroatoms. The van der Waals surface area contributed by atoms with Gasteiger partial charge in [0.05, 0.1) is 11.7 Å². The summed E-state index contributed by atoms with van der Waals surface area (Å²) in [6, 6.07) is 0. The predicted molar refractivity (Wildman–Crippen MR) is 79.0 cm³/mol. The van der Waals surface area contributed by atoms with E-state index in [-0.39, 0.29) is 5.91 Å². The summed E-state index contributed by atoms with van der Waals surface area (Å²) in [6.45, 7) is 1.18. The highest BCUT2D eigenvalue weighted by atomic mass is 32.1. The smallest absolute Gasteiger partial charge is 0.265 e. The Morgan fingerprint density at radius 1 is 1.43 bits per heavy atom. The molecule has 0 radical (unpaired) electrons. The summed E-state index contributed by atoms with van der Waals surface area (Å²) in [5.41, 5.74) is 0.705. The fourth-order valence-corrected chi connectivity index (χ4v) is 3.42. The minimum absolute atomic E-state index is 0.00147. The molecular formula is C14H18N4O2S. The first-order valence-electron chi connectivity index (χ1n) is 6.98. The Balaban J connectivity index is 1.75. The van der Waals surface area contributed by atoms with Crippen LogP contribution in [0.2, 0.25) is 0 Å². The maximum Gasteiger partial charge on any atom is 0.265 e. The van der Waals surface area contributed by atoms with E-state index in [0.29, 0.717) is 36.6 Å². The number of thiazole rings is 1. The quantitative estimate of drug-likeness (QED) is 0.910. The van der Waals surface area contributed by atoms with Gasteiger partial charge in [0.1, 0.15) is 16.3 Å². The Hall–Kier alpha value is -1.73. The van der Waals surface area contributed by atoms with Gasteiger partial charge in [-0.3, -0.25) is 9.78 Å². The van der Waals surface area contributed by atoms with Gasteiger partial charge in [-0.25, -0.2) is 4.98 Å². The number of aryl methyl sites for hydroxylation is 1. The zero-order valence-electron chi connectivity index (χ0n) is 11.9. The van der Waals surface area contributed by atoms with Crippen LogP contribution in [0.1, 0.15) is 34.8 Å².